The summed E-state index contributed by atoms with van der Waals surface area (Å²) in [6.07, 6.45) is 0.190. The lowest BCUT2D eigenvalue weighted by molar-refractivity contribution is -0.118. The van der Waals surface area contributed by atoms with Crippen LogP contribution in [0.25, 0.3) is 10.2 Å². The molecule has 0 unspecified atom stereocenters. The van der Waals surface area contributed by atoms with Gasteiger partial charge in [0.15, 0.2) is 5.13 Å². The van der Waals surface area contributed by atoms with Gasteiger partial charge in [0.25, 0.3) is 0 Å². The molecule has 1 saturated heterocycles. The number of benzene rings is 2. The molecule has 0 N–H and O–H groups in total. The Kier molecular flexibility index (Phi) is 8.42. The first-order valence-electron chi connectivity index (χ1n) is 10.3. The molecule has 0 aliphatic carbocycles. The molecular weight excluding hydrogens is 453 g/mol. The summed E-state index contributed by atoms with van der Waals surface area (Å²) in [5.41, 5.74) is 2.64. The number of nitrogens with zero attached hydrogens (tertiary/aromatic N) is 3. The molecular formula is C23H27ClFN3O3S. The minimum Gasteiger partial charge on any atom is -0.494 e. The number of aromatic nitrogens is 1. The van der Waals surface area contributed by atoms with Crippen molar-refractivity contribution in [3.05, 3.63) is 53.3 Å². The lowest BCUT2D eigenvalue weighted by Crippen LogP contribution is -2.43. The van der Waals surface area contributed by atoms with Crippen molar-refractivity contribution in [1.82, 2.24) is 9.88 Å². The number of thiazole rings is 1. The van der Waals surface area contributed by atoms with Gasteiger partial charge >= 0.3 is 0 Å². The lowest BCUT2D eigenvalue weighted by Gasteiger charge is -2.29. The second-order valence-electron chi connectivity index (χ2n) is 7.56. The van der Waals surface area contributed by atoms with Gasteiger partial charge in [-0.2, -0.15) is 0 Å². The fraction of sp³-hybridized carbons (Fsp3) is 0.391. The molecule has 4 rings (SSSR count). The van der Waals surface area contributed by atoms with E-state index in [1.165, 1.54) is 23.5 Å². The van der Waals surface area contributed by atoms with Crippen molar-refractivity contribution >= 4 is 45.0 Å². The highest BCUT2D eigenvalue weighted by Crippen LogP contribution is 2.36. The van der Waals surface area contributed by atoms with Crippen LogP contribution in [-0.2, 0) is 16.0 Å². The maximum atomic E-state index is 13.3. The first-order chi connectivity index (χ1) is 15.0. The maximum absolute atomic E-state index is 13.3. The number of fused-ring (bicyclic) bond motifs is 1. The monoisotopic (exact) mass is 479 g/mol. The van der Waals surface area contributed by atoms with E-state index < -0.39 is 0 Å². The van der Waals surface area contributed by atoms with E-state index in [0.29, 0.717) is 30.6 Å². The molecule has 3 aromatic rings. The van der Waals surface area contributed by atoms with E-state index in [2.05, 4.69) is 4.90 Å². The van der Waals surface area contributed by atoms with Crippen LogP contribution in [0.15, 0.2) is 36.4 Å². The lowest BCUT2D eigenvalue weighted by atomic mass is 10.1. The van der Waals surface area contributed by atoms with Crippen LogP contribution < -0.4 is 9.64 Å². The van der Waals surface area contributed by atoms with Crippen LogP contribution in [0.3, 0.4) is 0 Å². The van der Waals surface area contributed by atoms with Crippen LogP contribution in [0.1, 0.15) is 11.1 Å². The number of aryl methyl sites for hydroxylation is 1. The van der Waals surface area contributed by atoms with Crippen molar-refractivity contribution in [2.75, 3.05) is 51.4 Å². The van der Waals surface area contributed by atoms with Gasteiger partial charge in [-0.3, -0.25) is 14.6 Å². The molecule has 1 fully saturated rings. The summed E-state index contributed by atoms with van der Waals surface area (Å²) in [6.45, 7) is 6.43. The van der Waals surface area contributed by atoms with Crippen LogP contribution in [0, 0.1) is 12.7 Å². The minimum absolute atomic E-state index is 0. The minimum atomic E-state index is -0.311. The first-order valence-corrected chi connectivity index (χ1v) is 11.2. The van der Waals surface area contributed by atoms with Crippen LogP contribution >= 0.6 is 23.7 Å². The van der Waals surface area contributed by atoms with E-state index in [0.717, 1.165) is 41.0 Å². The zero-order valence-electron chi connectivity index (χ0n) is 18.2. The topological polar surface area (TPSA) is 54.9 Å². The second-order valence-corrected chi connectivity index (χ2v) is 8.54. The highest BCUT2D eigenvalue weighted by atomic mass is 35.5. The summed E-state index contributed by atoms with van der Waals surface area (Å²) in [5, 5.41) is 0.656. The number of hydrogen-bond donors (Lipinski definition) is 0. The summed E-state index contributed by atoms with van der Waals surface area (Å²) >= 11 is 1.50. The van der Waals surface area contributed by atoms with Gasteiger partial charge in [-0.15, -0.1) is 12.4 Å². The Hall–Kier alpha value is -2.26. The molecule has 1 amide bonds. The first kappa shape index (κ1) is 24.4. The quantitative estimate of drug-likeness (QED) is 0.511. The van der Waals surface area contributed by atoms with Gasteiger partial charge in [0.2, 0.25) is 5.91 Å². The number of carbonyl (C=O) groups is 1. The average molecular weight is 480 g/mol. The molecule has 0 bridgehead atoms. The van der Waals surface area contributed by atoms with E-state index in [1.807, 2.05) is 19.1 Å². The van der Waals surface area contributed by atoms with Crippen molar-refractivity contribution < 1.29 is 18.7 Å². The van der Waals surface area contributed by atoms with E-state index >= 15 is 0 Å². The number of rotatable bonds is 7. The smallest absolute Gasteiger partial charge is 0.233 e. The Bertz CT molecular complexity index is 1050. The Balaban J connectivity index is 0.00000289. The number of methoxy groups -OCH3 is 1. The molecule has 1 aromatic heterocycles. The van der Waals surface area contributed by atoms with Crippen molar-refractivity contribution in [2.45, 2.75) is 13.3 Å². The van der Waals surface area contributed by atoms with Crippen LogP contribution in [0.2, 0.25) is 0 Å². The fourth-order valence-corrected chi connectivity index (χ4v) is 4.74. The molecule has 32 heavy (non-hydrogen) atoms. The third-order valence-electron chi connectivity index (χ3n) is 5.46. The summed E-state index contributed by atoms with van der Waals surface area (Å²) < 4.78 is 25.2. The number of hydrogen-bond acceptors (Lipinski definition) is 6. The second kappa shape index (κ2) is 11.0. The van der Waals surface area contributed by atoms with Crippen LogP contribution in [-0.4, -0.2) is 62.3 Å². The van der Waals surface area contributed by atoms with E-state index in [4.69, 9.17) is 14.5 Å². The standard InChI is InChI=1S/C23H26FN3O3S.ClH/c1-16-3-8-19(29-2)21-22(16)31-23(25-21)27(10-9-26-11-13-30-14-12-26)20(28)15-17-4-6-18(24)7-5-17;/h3-8H,9-15H2,1-2H3;1H. The van der Waals surface area contributed by atoms with E-state index in [-0.39, 0.29) is 30.6 Å². The number of amides is 1. The highest BCUT2D eigenvalue weighted by Gasteiger charge is 2.23. The molecule has 0 spiro atoms. The van der Waals surface area contributed by atoms with Crippen molar-refractivity contribution in [3.63, 3.8) is 0 Å². The number of anilines is 1. The fourth-order valence-electron chi connectivity index (χ4n) is 3.64. The predicted molar refractivity (Wildman–Crippen MR) is 128 cm³/mol. The third kappa shape index (κ3) is 5.56. The Morgan fingerprint density at radius 3 is 2.62 bits per heavy atom. The molecule has 0 saturated carbocycles. The number of ether oxygens (including phenoxy) is 2. The summed E-state index contributed by atoms with van der Waals surface area (Å²) in [4.78, 5) is 22.1. The van der Waals surface area contributed by atoms with Crippen LogP contribution in [0.5, 0.6) is 5.75 Å². The maximum Gasteiger partial charge on any atom is 0.233 e. The van der Waals surface area contributed by atoms with Crippen molar-refractivity contribution in [3.8, 4) is 5.75 Å². The summed E-state index contributed by atoms with van der Waals surface area (Å²) in [6, 6.07) is 9.97. The molecule has 0 radical (unpaired) electrons. The van der Waals surface area contributed by atoms with Crippen LogP contribution in [0.4, 0.5) is 9.52 Å². The van der Waals surface area contributed by atoms with Gasteiger partial charge in [-0.25, -0.2) is 9.37 Å². The predicted octanol–water partition coefficient (Wildman–Crippen LogP) is 4.08. The Labute approximate surface area is 197 Å². The van der Waals surface area contributed by atoms with Gasteiger partial charge in [0.05, 0.1) is 31.4 Å². The SMILES string of the molecule is COc1ccc(C)c2sc(N(CCN3CCOCC3)C(=O)Cc3ccc(F)cc3)nc12.Cl. The highest BCUT2D eigenvalue weighted by molar-refractivity contribution is 7.22. The molecule has 2 aromatic carbocycles. The van der Waals surface area contributed by atoms with E-state index in [1.54, 1.807) is 24.1 Å². The van der Waals surface area contributed by atoms with Gasteiger partial charge in [0, 0.05) is 26.2 Å². The molecule has 1 aliphatic rings. The number of morpholine rings is 1. The molecule has 0 atom stereocenters. The largest absolute Gasteiger partial charge is 0.494 e. The van der Waals surface area contributed by atoms with Gasteiger partial charge in [-0.1, -0.05) is 29.5 Å². The normalized spacial score (nSPS) is 14.2. The summed E-state index contributed by atoms with van der Waals surface area (Å²) in [7, 11) is 1.62. The molecule has 6 nitrogen and oxygen atoms in total. The number of carbonyl (C=O) groups excluding carboxylic acids is 1. The molecule has 2 heterocycles. The van der Waals surface area contributed by atoms with Crippen molar-refractivity contribution in [2.24, 2.45) is 0 Å². The Morgan fingerprint density at radius 1 is 1.22 bits per heavy atom. The molecule has 1 aliphatic heterocycles. The van der Waals surface area contributed by atoms with Gasteiger partial charge in [0.1, 0.15) is 17.1 Å². The number of halogens is 2. The Morgan fingerprint density at radius 2 is 1.94 bits per heavy atom. The summed E-state index contributed by atoms with van der Waals surface area (Å²) in [5.74, 6) is 0.326. The van der Waals surface area contributed by atoms with Gasteiger partial charge < -0.3 is 9.47 Å². The molecule has 9 heteroatoms. The zero-order chi connectivity index (χ0) is 21.8. The average Bonchev–Trinajstić information content (AvgIpc) is 3.22. The zero-order valence-corrected chi connectivity index (χ0v) is 19.8. The van der Waals surface area contributed by atoms with Crippen molar-refractivity contribution in [1.29, 1.82) is 0 Å². The van der Waals surface area contributed by atoms with E-state index in [9.17, 15) is 9.18 Å². The van der Waals surface area contributed by atoms with Gasteiger partial charge in [-0.05, 0) is 36.2 Å². The molecule has 172 valence electrons. The third-order valence-corrected chi connectivity index (χ3v) is 6.67.